The van der Waals surface area contributed by atoms with Crippen molar-refractivity contribution < 1.29 is 0 Å². The molecule has 0 unspecified atom stereocenters. The molecule has 0 atom stereocenters. The smallest absolute Gasteiger partial charge is 0.188 e. The summed E-state index contributed by atoms with van der Waals surface area (Å²) in [4.78, 5) is 7.97. The van der Waals surface area contributed by atoms with Gasteiger partial charge in [-0.15, -0.1) is 5.10 Å². The molecule has 1 aromatic carbocycles. The number of fused-ring (bicyclic) bond motifs is 1. The second-order valence-electron chi connectivity index (χ2n) is 3.17. The maximum absolute atomic E-state index is 5.89. The molecular formula is C10H6ClN5. The molecule has 0 aliphatic rings. The molecule has 2 heterocycles. The molecule has 78 valence electrons. The summed E-state index contributed by atoms with van der Waals surface area (Å²) >= 11 is 5.89. The lowest BCUT2D eigenvalue weighted by molar-refractivity contribution is 0.817. The topological polar surface area (TPSA) is 56.5 Å². The highest BCUT2D eigenvalue weighted by Gasteiger charge is 2.10. The number of hydrogen-bond acceptors (Lipinski definition) is 4. The second-order valence-corrected chi connectivity index (χ2v) is 3.53. The minimum absolute atomic E-state index is 0.312. The first-order valence-corrected chi connectivity index (χ1v) is 5.01. The summed E-state index contributed by atoms with van der Waals surface area (Å²) in [5.41, 5.74) is 2.00. The Hall–Kier alpha value is -2.01. The van der Waals surface area contributed by atoms with Gasteiger partial charge in [0.2, 0.25) is 0 Å². The van der Waals surface area contributed by atoms with Gasteiger partial charge in [-0.2, -0.15) is 4.68 Å². The van der Waals surface area contributed by atoms with E-state index in [1.54, 1.807) is 4.68 Å². The fourth-order valence-corrected chi connectivity index (χ4v) is 1.63. The number of nitrogens with zero attached hydrogens (tertiary/aromatic N) is 5. The number of halogens is 1. The van der Waals surface area contributed by atoms with E-state index in [4.69, 9.17) is 11.6 Å². The minimum atomic E-state index is 0.312. The van der Waals surface area contributed by atoms with Crippen molar-refractivity contribution in [3.8, 4) is 5.69 Å². The van der Waals surface area contributed by atoms with Crippen LogP contribution in [-0.2, 0) is 0 Å². The Morgan fingerprint density at radius 1 is 1.06 bits per heavy atom. The van der Waals surface area contributed by atoms with Crippen LogP contribution < -0.4 is 0 Å². The molecule has 0 bridgehead atoms. The highest BCUT2D eigenvalue weighted by atomic mass is 35.5. The molecule has 0 saturated heterocycles. The summed E-state index contributed by atoms with van der Waals surface area (Å²) in [6.45, 7) is 0. The summed E-state index contributed by atoms with van der Waals surface area (Å²) in [6, 6.07) is 9.62. The zero-order chi connectivity index (χ0) is 11.0. The number of para-hydroxylation sites is 1. The maximum atomic E-state index is 5.89. The van der Waals surface area contributed by atoms with Crippen molar-refractivity contribution >= 4 is 22.8 Å². The highest BCUT2D eigenvalue weighted by molar-refractivity contribution is 6.33. The molecule has 3 rings (SSSR count). The Balaban J connectivity index is 2.30. The van der Waals surface area contributed by atoms with Crippen LogP contribution in [0.15, 0.2) is 36.7 Å². The normalized spacial score (nSPS) is 10.8. The standard InChI is InChI=1S/C10H6ClN5/c11-9-8-10(13-6-12-9)16(15-14-8)7-4-2-1-3-5-7/h1-6H. The molecular weight excluding hydrogens is 226 g/mol. The Bertz CT molecular complexity index is 634. The van der Waals surface area contributed by atoms with Gasteiger partial charge in [0, 0.05) is 0 Å². The minimum Gasteiger partial charge on any atom is -0.222 e. The average molecular weight is 232 g/mol. The van der Waals surface area contributed by atoms with Crippen LogP contribution in [0.4, 0.5) is 0 Å². The van der Waals surface area contributed by atoms with Gasteiger partial charge >= 0.3 is 0 Å². The molecule has 0 N–H and O–H groups in total. The Morgan fingerprint density at radius 3 is 2.69 bits per heavy atom. The van der Waals surface area contributed by atoms with E-state index in [1.807, 2.05) is 30.3 Å². The lowest BCUT2D eigenvalue weighted by Gasteiger charge is -1.99. The second kappa shape index (κ2) is 3.53. The van der Waals surface area contributed by atoms with Crippen LogP contribution >= 0.6 is 11.6 Å². The van der Waals surface area contributed by atoms with E-state index in [2.05, 4.69) is 20.3 Å². The number of rotatable bonds is 1. The Kier molecular flexibility index (Phi) is 2.04. The van der Waals surface area contributed by atoms with Gasteiger partial charge in [-0.3, -0.25) is 0 Å². The molecule has 2 aromatic heterocycles. The van der Waals surface area contributed by atoms with E-state index in [0.29, 0.717) is 16.3 Å². The summed E-state index contributed by atoms with van der Waals surface area (Å²) < 4.78 is 1.63. The predicted octanol–water partition coefficient (Wildman–Crippen LogP) is 1.86. The number of hydrogen-bond donors (Lipinski definition) is 0. The third-order valence-corrected chi connectivity index (χ3v) is 2.47. The van der Waals surface area contributed by atoms with Crippen molar-refractivity contribution in [3.05, 3.63) is 41.8 Å². The number of benzene rings is 1. The molecule has 6 heteroatoms. The van der Waals surface area contributed by atoms with Crippen LogP contribution in [0.5, 0.6) is 0 Å². The molecule has 0 spiro atoms. The van der Waals surface area contributed by atoms with Gasteiger partial charge in [0.1, 0.15) is 6.33 Å². The van der Waals surface area contributed by atoms with Crippen molar-refractivity contribution in [1.82, 2.24) is 25.0 Å². The lowest BCUT2D eigenvalue weighted by atomic mass is 10.3. The monoisotopic (exact) mass is 231 g/mol. The fourth-order valence-electron chi connectivity index (χ4n) is 1.46. The lowest BCUT2D eigenvalue weighted by Crippen LogP contribution is -1.97. The zero-order valence-electron chi connectivity index (χ0n) is 8.08. The molecule has 5 nitrogen and oxygen atoms in total. The molecule has 0 fully saturated rings. The largest absolute Gasteiger partial charge is 0.222 e. The summed E-state index contributed by atoms with van der Waals surface area (Å²) in [6.07, 6.45) is 1.40. The third-order valence-electron chi connectivity index (χ3n) is 2.19. The zero-order valence-corrected chi connectivity index (χ0v) is 8.83. The predicted molar refractivity (Wildman–Crippen MR) is 59.5 cm³/mol. The molecule has 16 heavy (non-hydrogen) atoms. The van der Waals surface area contributed by atoms with Crippen LogP contribution in [0.2, 0.25) is 5.15 Å². The summed E-state index contributed by atoms with van der Waals surface area (Å²) in [5.74, 6) is 0. The van der Waals surface area contributed by atoms with Crippen LogP contribution in [0, 0.1) is 0 Å². The average Bonchev–Trinajstić information content (AvgIpc) is 2.75. The van der Waals surface area contributed by atoms with Crippen LogP contribution in [0.3, 0.4) is 0 Å². The SMILES string of the molecule is Clc1ncnc2c1nnn2-c1ccccc1. The molecule has 0 radical (unpaired) electrons. The Morgan fingerprint density at radius 2 is 1.88 bits per heavy atom. The van der Waals surface area contributed by atoms with Crippen LogP contribution in [0.1, 0.15) is 0 Å². The summed E-state index contributed by atoms with van der Waals surface area (Å²) in [5, 5.41) is 8.27. The van der Waals surface area contributed by atoms with E-state index in [-0.39, 0.29) is 0 Å². The fraction of sp³-hybridized carbons (Fsp3) is 0. The van der Waals surface area contributed by atoms with E-state index in [9.17, 15) is 0 Å². The van der Waals surface area contributed by atoms with E-state index in [1.165, 1.54) is 6.33 Å². The van der Waals surface area contributed by atoms with E-state index < -0.39 is 0 Å². The quantitative estimate of drug-likeness (QED) is 0.600. The van der Waals surface area contributed by atoms with Gasteiger partial charge in [-0.05, 0) is 12.1 Å². The van der Waals surface area contributed by atoms with Crippen LogP contribution in [0.25, 0.3) is 16.9 Å². The van der Waals surface area contributed by atoms with Gasteiger partial charge in [0.15, 0.2) is 16.3 Å². The van der Waals surface area contributed by atoms with Crippen molar-refractivity contribution in [2.24, 2.45) is 0 Å². The van der Waals surface area contributed by atoms with Gasteiger partial charge in [-0.25, -0.2) is 9.97 Å². The third kappa shape index (κ3) is 1.33. The molecule has 3 aromatic rings. The van der Waals surface area contributed by atoms with Crippen molar-refractivity contribution in [3.63, 3.8) is 0 Å². The molecule has 0 aliphatic carbocycles. The first-order chi connectivity index (χ1) is 7.86. The van der Waals surface area contributed by atoms with Gasteiger partial charge in [0.05, 0.1) is 5.69 Å². The molecule has 0 saturated carbocycles. The van der Waals surface area contributed by atoms with E-state index in [0.717, 1.165) is 5.69 Å². The van der Waals surface area contributed by atoms with Gasteiger partial charge < -0.3 is 0 Å². The molecule has 0 amide bonds. The van der Waals surface area contributed by atoms with Crippen LogP contribution in [-0.4, -0.2) is 25.0 Å². The van der Waals surface area contributed by atoms with E-state index >= 15 is 0 Å². The first kappa shape index (κ1) is 9.23. The maximum Gasteiger partial charge on any atom is 0.188 e. The van der Waals surface area contributed by atoms with Crippen molar-refractivity contribution in [2.75, 3.05) is 0 Å². The summed E-state index contributed by atoms with van der Waals surface area (Å²) in [7, 11) is 0. The first-order valence-electron chi connectivity index (χ1n) is 4.63. The van der Waals surface area contributed by atoms with Gasteiger partial charge in [0.25, 0.3) is 0 Å². The molecule has 0 aliphatic heterocycles. The van der Waals surface area contributed by atoms with Gasteiger partial charge in [-0.1, -0.05) is 35.0 Å². The van der Waals surface area contributed by atoms with Crippen molar-refractivity contribution in [2.45, 2.75) is 0 Å². The van der Waals surface area contributed by atoms with Crippen molar-refractivity contribution in [1.29, 1.82) is 0 Å². The number of aromatic nitrogens is 5. The Labute approximate surface area is 95.7 Å². The highest BCUT2D eigenvalue weighted by Crippen LogP contribution is 2.18.